The number of aromatic amines is 1. The van der Waals surface area contributed by atoms with Crippen molar-refractivity contribution in [1.29, 1.82) is 0 Å². The Morgan fingerprint density at radius 2 is 1.92 bits per heavy atom. The van der Waals surface area contributed by atoms with Gasteiger partial charge in [0.1, 0.15) is 11.4 Å². The first-order valence-corrected chi connectivity index (χ1v) is 7.71. The van der Waals surface area contributed by atoms with E-state index in [1.165, 1.54) is 6.08 Å². The SMILES string of the molecule is O=C1C=CC=c2ccc(=Cc3[nH]c(Nc4ccccc4)nc3O)nc21. The summed E-state index contributed by atoms with van der Waals surface area (Å²) in [5.74, 6) is 0.143. The Morgan fingerprint density at radius 1 is 1.08 bits per heavy atom. The number of benzene rings is 1. The fraction of sp³-hybridized carbons (Fsp3) is 0. The molecule has 6 nitrogen and oxygen atoms in total. The summed E-state index contributed by atoms with van der Waals surface area (Å²) in [5.41, 5.74) is 1.66. The molecule has 122 valence electrons. The van der Waals surface area contributed by atoms with Gasteiger partial charge in [-0.2, -0.15) is 4.98 Å². The number of anilines is 2. The first-order chi connectivity index (χ1) is 12.2. The number of pyridine rings is 1. The number of carbonyl (C=O) groups excluding carboxylic acids is 1. The highest BCUT2D eigenvalue weighted by Crippen LogP contribution is 2.20. The average Bonchev–Trinajstić information content (AvgIpc) is 2.96. The third-order valence-corrected chi connectivity index (χ3v) is 3.75. The smallest absolute Gasteiger partial charge is 0.238 e. The van der Waals surface area contributed by atoms with Crippen molar-refractivity contribution in [2.24, 2.45) is 0 Å². The van der Waals surface area contributed by atoms with Gasteiger partial charge in [-0.05, 0) is 30.4 Å². The molecule has 1 aromatic carbocycles. The number of hydrogen-bond donors (Lipinski definition) is 3. The molecule has 0 saturated heterocycles. The molecule has 3 aromatic rings. The number of hydrogen-bond acceptors (Lipinski definition) is 5. The Labute approximate surface area is 142 Å². The van der Waals surface area contributed by atoms with E-state index in [0.717, 1.165) is 10.9 Å². The van der Waals surface area contributed by atoms with Gasteiger partial charge in [0.15, 0.2) is 0 Å². The lowest BCUT2D eigenvalue weighted by atomic mass is 10.1. The predicted octanol–water partition coefficient (Wildman–Crippen LogP) is 1.62. The Hall–Kier alpha value is -3.67. The van der Waals surface area contributed by atoms with Gasteiger partial charge >= 0.3 is 0 Å². The molecule has 6 heteroatoms. The van der Waals surface area contributed by atoms with Gasteiger partial charge in [-0.3, -0.25) is 4.79 Å². The summed E-state index contributed by atoms with van der Waals surface area (Å²) in [6.07, 6.45) is 6.67. The first kappa shape index (κ1) is 14.9. The number of rotatable bonds is 3. The summed E-state index contributed by atoms with van der Waals surface area (Å²) >= 11 is 0. The lowest BCUT2D eigenvalue weighted by Gasteiger charge is -2.01. The number of carbonyl (C=O) groups is 1. The maximum absolute atomic E-state index is 11.9. The van der Waals surface area contributed by atoms with E-state index in [1.54, 1.807) is 18.2 Å². The van der Waals surface area contributed by atoms with Gasteiger partial charge in [-0.1, -0.05) is 36.4 Å². The zero-order valence-electron chi connectivity index (χ0n) is 13.1. The van der Waals surface area contributed by atoms with Crippen LogP contribution in [0.1, 0.15) is 16.2 Å². The van der Waals surface area contributed by atoms with Gasteiger partial charge in [0.25, 0.3) is 0 Å². The molecule has 2 aromatic heterocycles. The second-order valence-corrected chi connectivity index (χ2v) is 5.52. The van der Waals surface area contributed by atoms with E-state index in [2.05, 4.69) is 20.3 Å². The fourth-order valence-corrected chi connectivity index (χ4v) is 2.56. The second-order valence-electron chi connectivity index (χ2n) is 5.52. The number of ketones is 1. The van der Waals surface area contributed by atoms with Crippen molar-refractivity contribution in [2.75, 3.05) is 5.32 Å². The Morgan fingerprint density at radius 3 is 2.76 bits per heavy atom. The van der Waals surface area contributed by atoms with Crippen molar-refractivity contribution in [3.05, 3.63) is 76.6 Å². The molecule has 0 fully saturated rings. The van der Waals surface area contributed by atoms with Crippen LogP contribution in [0.25, 0.3) is 12.2 Å². The van der Waals surface area contributed by atoms with Gasteiger partial charge in [0.2, 0.25) is 17.6 Å². The molecule has 1 aliphatic rings. The number of imidazole rings is 1. The number of allylic oxidation sites excluding steroid dienone is 2. The number of aromatic hydroxyl groups is 1. The molecule has 0 atom stereocenters. The first-order valence-electron chi connectivity index (χ1n) is 7.71. The van der Waals surface area contributed by atoms with Crippen molar-refractivity contribution < 1.29 is 9.90 Å². The molecule has 0 unspecified atom stereocenters. The van der Waals surface area contributed by atoms with Crippen LogP contribution in [0, 0.1) is 0 Å². The second kappa shape index (κ2) is 6.09. The minimum Gasteiger partial charge on any atom is -0.492 e. The van der Waals surface area contributed by atoms with Crippen LogP contribution in [0.2, 0.25) is 0 Å². The summed E-state index contributed by atoms with van der Waals surface area (Å²) in [6, 6.07) is 13.1. The van der Waals surface area contributed by atoms with Gasteiger partial charge < -0.3 is 15.4 Å². The van der Waals surface area contributed by atoms with Crippen LogP contribution >= 0.6 is 0 Å². The quantitative estimate of drug-likeness (QED) is 0.679. The minimum atomic E-state index is -0.143. The predicted molar refractivity (Wildman–Crippen MR) is 95.0 cm³/mol. The molecule has 1 aliphatic carbocycles. The number of fused-ring (bicyclic) bond motifs is 1. The van der Waals surface area contributed by atoms with Crippen LogP contribution in [0.3, 0.4) is 0 Å². The van der Waals surface area contributed by atoms with Crippen molar-refractivity contribution in [2.45, 2.75) is 0 Å². The van der Waals surface area contributed by atoms with E-state index in [-0.39, 0.29) is 11.7 Å². The molecule has 3 N–H and O–H groups in total. The number of nitrogens with zero attached hydrogens (tertiary/aromatic N) is 2. The van der Waals surface area contributed by atoms with E-state index < -0.39 is 0 Å². The molecule has 0 aliphatic heterocycles. The summed E-state index contributed by atoms with van der Waals surface area (Å²) in [7, 11) is 0. The lowest BCUT2D eigenvalue weighted by Crippen LogP contribution is -2.24. The zero-order chi connectivity index (χ0) is 17.2. The third kappa shape index (κ3) is 3.05. The number of para-hydroxylation sites is 1. The third-order valence-electron chi connectivity index (χ3n) is 3.75. The van der Waals surface area contributed by atoms with Crippen molar-refractivity contribution >= 4 is 29.6 Å². The summed E-state index contributed by atoms with van der Waals surface area (Å²) in [6.45, 7) is 0. The van der Waals surface area contributed by atoms with Gasteiger partial charge in [-0.15, -0.1) is 0 Å². The molecular weight excluding hydrogens is 316 g/mol. The van der Waals surface area contributed by atoms with Crippen LogP contribution in [0.15, 0.2) is 54.6 Å². The molecule has 2 heterocycles. The highest BCUT2D eigenvalue weighted by molar-refractivity contribution is 6.05. The number of nitrogens with one attached hydrogen (secondary N) is 2. The maximum atomic E-state index is 11.9. The minimum absolute atomic E-state index is 0.131. The maximum Gasteiger partial charge on any atom is 0.238 e. The number of H-pyrrole nitrogens is 1. The van der Waals surface area contributed by atoms with Crippen LogP contribution < -0.4 is 15.9 Å². The molecule has 0 bridgehead atoms. The zero-order valence-corrected chi connectivity index (χ0v) is 13.1. The monoisotopic (exact) mass is 330 g/mol. The Bertz CT molecular complexity index is 1100. The Balaban J connectivity index is 1.68. The normalized spacial score (nSPS) is 13.4. The van der Waals surface area contributed by atoms with Gasteiger partial charge in [0.05, 0.1) is 5.35 Å². The van der Waals surface area contributed by atoms with Crippen molar-refractivity contribution in [3.63, 3.8) is 0 Å². The van der Waals surface area contributed by atoms with Crippen LogP contribution in [0.4, 0.5) is 11.6 Å². The topological polar surface area (TPSA) is 90.9 Å². The summed E-state index contributed by atoms with van der Waals surface area (Å²) in [5, 5.41) is 14.4. The molecule has 25 heavy (non-hydrogen) atoms. The highest BCUT2D eigenvalue weighted by atomic mass is 16.3. The van der Waals surface area contributed by atoms with Crippen LogP contribution in [-0.2, 0) is 0 Å². The van der Waals surface area contributed by atoms with Crippen LogP contribution in [0.5, 0.6) is 5.88 Å². The molecule has 0 spiro atoms. The van der Waals surface area contributed by atoms with E-state index >= 15 is 0 Å². The van der Waals surface area contributed by atoms with Crippen LogP contribution in [-0.4, -0.2) is 25.8 Å². The Kier molecular flexibility index (Phi) is 3.63. The average molecular weight is 330 g/mol. The molecule has 0 amide bonds. The van der Waals surface area contributed by atoms with E-state index in [0.29, 0.717) is 22.7 Å². The molecule has 0 radical (unpaired) electrons. The highest BCUT2D eigenvalue weighted by Gasteiger charge is 2.10. The molecule has 4 rings (SSSR count). The summed E-state index contributed by atoms with van der Waals surface area (Å²) < 4.78 is 0. The van der Waals surface area contributed by atoms with E-state index in [1.807, 2.05) is 42.5 Å². The molecular formula is C19H14N4O2. The lowest BCUT2D eigenvalue weighted by molar-refractivity contribution is 0.104. The largest absolute Gasteiger partial charge is 0.492 e. The van der Waals surface area contributed by atoms with Crippen molar-refractivity contribution in [3.8, 4) is 5.88 Å². The summed E-state index contributed by atoms with van der Waals surface area (Å²) in [4.78, 5) is 23.3. The van der Waals surface area contributed by atoms with E-state index in [4.69, 9.17) is 0 Å². The van der Waals surface area contributed by atoms with Gasteiger partial charge in [0, 0.05) is 10.9 Å². The fourth-order valence-electron chi connectivity index (χ4n) is 2.56. The molecule has 0 saturated carbocycles. The number of aromatic nitrogens is 3. The van der Waals surface area contributed by atoms with E-state index in [9.17, 15) is 9.90 Å². The van der Waals surface area contributed by atoms with Gasteiger partial charge in [-0.25, -0.2) is 4.98 Å². The standard InChI is InChI=1S/C19H14N4O2/c24-16-8-4-5-12-9-10-14(20-17(12)16)11-15-18(25)23-19(22-15)21-13-6-2-1-3-7-13/h1-11,25H,(H2,21,22,23). The van der Waals surface area contributed by atoms with Crippen molar-refractivity contribution in [1.82, 2.24) is 15.0 Å².